The average molecular weight is 483 g/mol. The van der Waals surface area contributed by atoms with Crippen molar-refractivity contribution in [2.45, 2.75) is 64.6 Å². The molecule has 10 heteroatoms. The second-order valence-electron chi connectivity index (χ2n) is 8.70. The number of fused-ring (bicyclic) bond motifs is 2. The molecule has 33 heavy (non-hydrogen) atoms. The van der Waals surface area contributed by atoms with Gasteiger partial charge in [0.25, 0.3) is 5.91 Å². The molecule has 2 unspecified atom stereocenters. The molecule has 3 aromatic heterocycles. The number of pyridine rings is 1. The van der Waals surface area contributed by atoms with Crippen molar-refractivity contribution in [2.24, 2.45) is 0 Å². The molecule has 2 aliphatic heterocycles. The Bertz CT molecular complexity index is 1170. The molecule has 3 atom stereocenters. The number of nitrogens with zero attached hydrogens (tertiary/aromatic N) is 4. The standard InChI is InChI=1S/C23H26N6O2S2/c1-12-21(33-13(2)25-12)19-11-32-23(27-19)28-20-7-4-15(10-24-20)22(31)26-16-8-17-5-6-18(9-16)29(17)14(3)30/h4,7,10-11,16-18H,5-6,8-9H2,1-3H3,(H,26,31)(H,24,27,28)/t16?,17-,18?/m0/s1. The summed E-state index contributed by atoms with van der Waals surface area (Å²) in [6, 6.07) is 4.15. The van der Waals surface area contributed by atoms with E-state index in [-0.39, 0.29) is 29.9 Å². The number of carbonyl (C=O) groups is 2. The molecule has 2 saturated heterocycles. The lowest BCUT2D eigenvalue weighted by Crippen LogP contribution is -2.51. The maximum absolute atomic E-state index is 12.8. The van der Waals surface area contributed by atoms with Crippen LogP contribution in [0.15, 0.2) is 23.7 Å². The van der Waals surface area contributed by atoms with Gasteiger partial charge >= 0.3 is 0 Å². The molecular weight excluding hydrogens is 456 g/mol. The van der Waals surface area contributed by atoms with Gasteiger partial charge < -0.3 is 15.5 Å². The SMILES string of the molecule is CC(=O)N1C2CC[C@H]1CC(NC(=O)c1ccc(Nc3nc(-c4sc(C)nc4C)cs3)nc1)C2. The highest BCUT2D eigenvalue weighted by Crippen LogP contribution is 2.36. The zero-order valence-electron chi connectivity index (χ0n) is 18.8. The van der Waals surface area contributed by atoms with Crippen molar-refractivity contribution in [3.63, 3.8) is 0 Å². The van der Waals surface area contributed by atoms with Crippen LogP contribution < -0.4 is 10.6 Å². The first kappa shape index (κ1) is 22.0. The van der Waals surface area contributed by atoms with E-state index in [1.165, 1.54) is 11.3 Å². The van der Waals surface area contributed by atoms with Crippen molar-refractivity contribution in [2.75, 3.05) is 5.32 Å². The van der Waals surface area contributed by atoms with Crippen molar-refractivity contribution in [3.8, 4) is 10.6 Å². The van der Waals surface area contributed by atoms with Crippen LogP contribution in [-0.2, 0) is 4.79 Å². The lowest BCUT2D eigenvalue weighted by atomic mass is 9.97. The summed E-state index contributed by atoms with van der Waals surface area (Å²) < 4.78 is 0. The highest BCUT2D eigenvalue weighted by Gasteiger charge is 2.42. The van der Waals surface area contributed by atoms with E-state index in [0.717, 1.165) is 52.1 Å². The van der Waals surface area contributed by atoms with Crippen molar-refractivity contribution in [1.82, 2.24) is 25.2 Å². The van der Waals surface area contributed by atoms with Crippen molar-refractivity contribution < 1.29 is 9.59 Å². The normalized spacial score (nSPS) is 21.8. The Morgan fingerprint density at radius 1 is 1.12 bits per heavy atom. The van der Waals surface area contributed by atoms with Gasteiger partial charge in [0.15, 0.2) is 5.13 Å². The molecule has 0 aromatic carbocycles. The molecule has 2 bridgehead atoms. The molecule has 2 aliphatic rings. The number of aryl methyl sites for hydroxylation is 2. The minimum absolute atomic E-state index is 0.0935. The van der Waals surface area contributed by atoms with Crippen LogP contribution in [0.25, 0.3) is 10.6 Å². The number of nitrogens with one attached hydrogen (secondary N) is 2. The Balaban J connectivity index is 1.19. The monoisotopic (exact) mass is 482 g/mol. The fraction of sp³-hybridized carbons (Fsp3) is 0.435. The zero-order valence-corrected chi connectivity index (χ0v) is 20.4. The number of hydrogen-bond donors (Lipinski definition) is 2. The number of amides is 2. The van der Waals surface area contributed by atoms with Gasteiger partial charge in [-0.1, -0.05) is 0 Å². The summed E-state index contributed by atoms with van der Waals surface area (Å²) in [6.07, 6.45) is 5.28. The van der Waals surface area contributed by atoms with E-state index >= 15 is 0 Å². The van der Waals surface area contributed by atoms with Crippen LogP contribution in [0, 0.1) is 13.8 Å². The lowest BCUT2D eigenvalue weighted by Gasteiger charge is -2.38. The summed E-state index contributed by atoms with van der Waals surface area (Å²) in [6.45, 7) is 5.63. The smallest absolute Gasteiger partial charge is 0.253 e. The van der Waals surface area contributed by atoms with Gasteiger partial charge in [0, 0.05) is 36.6 Å². The molecule has 0 radical (unpaired) electrons. The quantitative estimate of drug-likeness (QED) is 0.563. The minimum atomic E-state index is -0.123. The van der Waals surface area contributed by atoms with Gasteiger partial charge in [0.05, 0.1) is 26.8 Å². The Hall–Kier alpha value is -2.85. The number of anilines is 2. The van der Waals surface area contributed by atoms with Crippen molar-refractivity contribution >= 4 is 45.4 Å². The highest BCUT2D eigenvalue weighted by molar-refractivity contribution is 7.16. The van der Waals surface area contributed by atoms with Crippen LogP contribution in [0.3, 0.4) is 0 Å². The van der Waals surface area contributed by atoms with Gasteiger partial charge in [0.1, 0.15) is 5.82 Å². The maximum Gasteiger partial charge on any atom is 0.253 e. The molecule has 2 amide bonds. The summed E-state index contributed by atoms with van der Waals surface area (Å²) in [5, 5.41) is 10.1. The van der Waals surface area contributed by atoms with Crippen molar-refractivity contribution in [3.05, 3.63) is 40.0 Å². The zero-order chi connectivity index (χ0) is 23.1. The Labute approximate surface area is 200 Å². The number of rotatable bonds is 5. The molecular formula is C23H26N6O2S2. The molecule has 0 spiro atoms. The number of aromatic nitrogens is 3. The van der Waals surface area contributed by atoms with Gasteiger partial charge in [-0.05, 0) is 51.7 Å². The van der Waals surface area contributed by atoms with Crippen molar-refractivity contribution in [1.29, 1.82) is 0 Å². The minimum Gasteiger partial charge on any atom is -0.349 e. The topological polar surface area (TPSA) is 100 Å². The first-order valence-electron chi connectivity index (χ1n) is 11.1. The molecule has 0 saturated carbocycles. The third kappa shape index (κ3) is 4.49. The summed E-state index contributed by atoms with van der Waals surface area (Å²) in [5.41, 5.74) is 2.42. The van der Waals surface area contributed by atoms with E-state index in [1.54, 1.807) is 36.6 Å². The predicted molar refractivity (Wildman–Crippen MR) is 130 cm³/mol. The van der Waals surface area contributed by atoms with E-state index in [4.69, 9.17) is 0 Å². The Kier molecular flexibility index (Phi) is 5.88. The molecule has 5 heterocycles. The van der Waals surface area contributed by atoms with E-state index in [9.17, 15) is 9.59 Å². The van der Waals surface area contributed by atoms with E-state index in [2.05, 4.69) is 25.6 Å². The number of piperidine rings is 1. The van der Waals surface area contributed by atoms with Gasteiger partial charge in [-0.25, -0.2) is 15.0 Å². The lowest BCUT2D eigenvalue weighted by molar-refractivity contribution is -0.133. The van der Waals surface area contributed by atoms with Crippen LogP contribution >= 0.6 is 22.7 Å². The Morgan fingerprint density at radius 3 is 2.48 bits per heavy atom. The van der Waals surface area contributed by atoms with Gasteiger partial charge in [-0.2, -0.15) is 0 Å². The maximum atomic E-state index is 12.8. The Morgan fingerprint density at radius 2 is 1.88 bits per heavy atom. The van der Waals surface area contributed by atoms with Gasteiger partial charge in [0.2, 0.25) is 5.91 Å². The third-order valence-electron chi connectivity index (χ3n) is 6.33. The van der Waals surface area contributed by atoms with Crippen LogP contribution in [-0.4, -0.2) is 49.8 Å². The molecule has 5 rings (SSSR count). The second kappa shape index (κ2) is 8.83. The molecule has 2 N–H and O–H groups in total. The fourth-order valence-corrected chi connectivity index (χ4v) is 6.66. The van der Waals surface area contributed by atoms with Gasteiger partial charge in [-0.3, -0.25) is 9.59 Å². The molecule has 8 nitrogen and oxygen atoms in total. The second-order valence-corrected chi connectivity index (χ2v) is 10.8. The summed E-state index contributed by atoms with van der Waals surface area (Å²) in [4.78, 5) is 41.3. The third-order valence-corrected chi connectivity index (χ3v) is 8.19. The average Bonchev–Trinajstić information content (AvgIpc) is 3.44. The molecule has 3 aromatic rings. The summed E-state index contributed by atoms with van der Waals surface area (Å²) >= 11 is 3.15. The molecule has 0 aliphatic carbocycles. The number of thiazole rings is 2. The number of carbonyl (C=O) groups excluding carboxylic acids is 2. The van der Waals surface area contributed by atoms with E-state index in [1.807, 2.05) is 24.1 Å². The molecule has 2 fully saturated rings. The highest BCUT2D eigenvalue weighted by atomic mass is 32.1. The predicted octanol–water partition coefficient (Wildman–Crippen LogP) is 4.29. The van der Waals surface area contributed by atoms with Gasteiger partial charge in [-0.15, -0.1) is 22.7 Å². The summed E-state index contributed by atoms with van der Waals surface area (Å²) in [5.74, 6) is 0.656. The summed E-state index contributed by atoms with van der Waals surface area (Å²) in [7, 11) is 0. The first-order valence-corrected chi connectivity index (χ1v) is 12.8. The van der Waals surface area contributed by atoms with Crippen LogP contribution in [0.2, 0.25) is 0 Å². The van der Waals surface area contributed by atoms with Crippen LogP contribution in [0.1, 0.15) is 53.7 Å². The molecule has 172 valence electrons. The fourth-order valence-electron chi connectivity index (χ4n) is 4.99. The van der Waals surface area contributed by atoms with Crippen LogP contribution in [0.5, 0.6) is 0 Å². The van der Waals surface area contributed by atoms with E-state index in [0.29, 0.717) is 11.4 Å². The van der Waals surface area contributed by atoms with Crippen LogP contribution in [0.4, 0.5) is 10.9 Å². The number of hydrogen-bond acceptors (Lipinski definition) is 8. The van der Waals surface area contributed by atoms with E-state index < -0.39 is 0 Å². The largest absolute Gasteiger partial charge is 0.349 e. The first-order chi connectivity index (χ1) is 15.9.